The summed E-state index contributed by atoms with van der Waals surface area (Å²) in [4.78, 5) is 12.2. The molecule has 2 aromatic carbocycles. The van der Waals surface area contributed by atoms with Crippen LogP contribution in [0.15, 0.2) is 51.4 Å². The third-order valence-electron chi connectivity index (χ3n) is 2.67. The first-order valence-electron chi connectivity index (χ1n) is 6.29. The lowest BCUT2D eigenvalue weighted by molar-refractivity contribution is 0.102. The van der Waals surface area contributed by atoms with Crippen molar-refractivity contribution < 1.29 is 9.53 Å². The Kier molecular flexibility index (Phi) is 5.78. The maximum atomic E-state index is 12.2. The predicted octanol–water partition coefficient (Wildman–Crippen LogP) is 3.80. The van der Waals surface area contributed by atoms with Crippen molar-refractivity contribution in [2.24, 2.45) is 5.73 Å². The van der Waals surface area contributed by atoms with E-state index in [0.717, 1.165) is 14.7 Å². The smallest absolute Gasteiger partial charge is 0.256 e. The van der Waals surface area contributed by atoms with Crippen LogP contribution in [0.25, 0.3) is 0 Å². The number of carbonyl (C=O) groups is 1. The molecule has 110 valence electrons. The number of benzene rings is 2. The van der Waals surface area contributed by atoms with E-state index in [1.54, 1.807) is 30.3 Å². The summed E-state index contributed by atoms with van der Waals surface area (Å²) in [6.45, 7) is 0.937. The van der Waals surface area contributed by atoms with Crippen molar-refractivity contribution in [3.8, 4) is 5.75 Å². The zero-order chi connectivity index (χ0) is 15.2. The molecule has 0 fully saturated rings. The zero-order valence-corrected chi connectivity index (χ0v) is 14.3. The van der Waals surface area contributed by atoms with Crippen LogP contribution in [-0.2, 0) is 0 Å². The van der Waals surface area contributed by atoms with Crippen LogP contribution < -0.4 is 15.8 Å². The highest BCUT2D eigenvalue weighted by molar-refractivity contribution is 9.11. The number of ether oxygens (including phenoxy) is 1. The van der Waals surface area contributed by atoms with Crippen molar-refractivity contribution in [3.63, 3.8) is 0 Å². The molecule has 0 saturated carbocycles. The Morgan fingerprint density at radius 1 is 1.14 bits per heavy atom. The van der Waals surface area contributed by atoms with Gasteiger partial charge in [0.05, 0.1) is 5.56 Å². The molecular formula is C15H14Br2N2O2. The normalized spacial score (nSPS) is 10.2. The average Bonchev–Trinajstić information content (AvgIpc) is 2.49. The van der Waals surface area contributed by atoms with E-state index in [-0.39, 0.29) is 5.91 Å². The summed E-state index contributed by atoms with van der Waals surface area (Å²) in [6, 6.07) is 12.6. The fraction of sp³-hybridized carbons (Fsp3) is 0.133. The van der Waals surface area contributed by atoms with Gasteiger partial charge in [0.1, 0.15) is 12.4 Å². The SMILES string of the molecule is NCCOc1ccc(NC(=O)c2cc(Br)ccc2Br)cc1. The Balaban J connectivity index is 2.07. The lowest BCUT2D eigenvalue weighted by Gasteiger charge is -2.09. The summed E-state index contributed by atoms with van der Waals surface area (Å²) >= 11 is 6.73. The molecule has 2 aromatic rings. The second-order valence-electron chi connectivity index (χ2n) is 4.24. The minimum Gasteiger partial charge on any atom is -0.492 e. The van der Waals surface area contributed by atoms with Gasteiger partial charge in [0.25, 0.3) is 5.91 Å². The number of hydrogen-bond acceptors (Lipinski definition) is 3. The highest BCUT2D eigenvalue weighted by Gasteiger charge is 2.10. The first kappa shape index (κ1) is 16.0. The molecule has 0 bridgehead atoms. The lowest BCUT2D eigenvalue weighted by atomic mass is 10.2. The van der Waals surface area contributed by atoms with Crippen LogP contribution in [0.1, 0.15) is 10.4 Å². The van der Waals surface area contributed by atoms with Crippen LogP contribution >= 0.6 is 31.9 Å². The molecule has 0 spiro atoms. The van der Waals surface area contributed by atoms with Crippen LogP contribution in [0.5, 0.6) is 5.75 Å². The van der Waals surface area contributed by atoms with Crippen molar-refractivity contribution in [1.29, 1.82) is 0 Å². The molecule has 0 aliphatic rings. The quantitative estimate of drug-likeness (QED) is 0.783. The Hall–Kier alpha value is -1.37. The van der Waals surface area contributed by atoms with E-state index in [1.165, 1.54) is 0 Å². The van der Waals surface area contributed by atoms with E-state index in [1.807, 2.05) is 12.1 Å². The second kappa shape index (κ2) is 7.59. The molecule has 2 rings (SSSR count). The first-order valence-corrected chi connectivity index (χ1v) is 7.88. The summed E-state index contributed by atoms with van der Waals surface area (Å²) < 4.78 is 6.97. The number of amides is 1. The number of carbonyl (C=O) groups excluding carboxylic acids is 1. The van der Waals surface area contributed by atoms with E-state index in [4.69, 9.17) is 10.5 Å². The molecule has 0 saturated heterocycles. The molecule has 3 N–H and O–H groups in total. The average molecular weight is 414 g/mol. The Morgan fingerprint density at radius 2 is 1.86 bits per heavy atom. The molecule has 0 unspecified atom stereocenters. The Labute approximate surface area is 139 Å². The standard InChI is InChI=1S/C15H14Br2N2O2/c16-10-1-6-14(17)13(9-10)15(20)19-11-2-4-12(5-3-11)21-8-7-18/h1-6,9H,7-8,18H2,(H,19,20). The molecule has 6 heteroatoms. The van der Waals surface area contributed by atoms with Gasteiger partial charge in [0.15, 0.2) is 0 Å². The Bertz CT molecular complexity index is 630. The zero-order valence-electron chi connectivity index (χ0n) is 11.1. The van der Waals surface area contributed by atoms with Crippen LogP contribution in [0.2, 0.25) is 0 Å². The van der Waals surface area contributed by atoms with E-state index < -0.39 is 0 Å². The van der Waals surface area contributed by atoms with Gasteiger partial charge in [-0.2, -0.15) is 0 Å². The second-order valence-corrected chi connectivity index (χ2v) is 6.01. The number of halogens is 2. The largest absolute Gasteiger partial charge is 0.492 e. The van der Waals surface area contributed by atoms with Crippen LogP contribution in [-0.4, -0.2) is 19.1 Å². The van der Waals surface area contributed by atoms with E-state index in [0.29, 0.717) is 24.4 Å². The first-order chi connectivity index (χ1) is 10.1. The van der Waals surface area contributed by atoms with Crippen molar-refractivity contribution in [2.45, 2.75) is 0 Å². The third-order valence-corrected chi connectivity index (χ3v) is 3.86. The van der Waals surface area contributed by atoms with Crippen LogP contribution in [0.3, 0.4) is 0 Å². The van der Waals surface area contributed by atoms with Gasteiger partial charge in [-0.25, -0.2) is 0 Å². The maximum absolute atomic E-state index is 12.2. The van der Waals surface area contributed by atoms with Gasteiger partial charge < -0.3 is 15.8 Å². The highest BCUT2D eigenvalue weighted by Crippen LogP contribution is 2.23. The molecule has 0 aliphatic heterocycles. The molecular weight excluding hydrogens is 400 g/mol. The lowest BCUT2D eigenvalue weighted by Crippen LogP contribution is -2.13. The fourth-order valence-corrected chi connectivity index (χ4v) is 2.47. The molecule has 0 radical (unpaired) electrons. The van der Waals surface area contributed by atoms with Crippen molar-refractivity contribution in [2.75, 3.05) is 18.5 Å². The number of anilines is 1. The number of nitrogens with two attached hydrogens (primary N) is 1. The topological polar surface area (TPSA) is 64.3 Å². The van der Waals surface area contributed by atoms with Crippen LogP contribution in [0.4, 0.5) is 5.69 Å². The number of rotatable bonds is 5. The summed E-state index contributed by atoms with van der Waals surface area (Å²) in [5, 5.41) is 2.84. The van der Waals surface area contributed by atoms with Gasteiger partial charge in [-0.15, -0.1) is 0 Å². The predicted molar refractivity (Wildman–Crippen MR) is 90.8 cm³/mol. The van der Waals surface area contributed by atoms with Crippen LogP contribution in [0, 0.1) is 0 Å². The van der Waals surface area contributed by atoms with Crippen molar-refractivity contribution in [1.82, 2.24) is 0 Å². The van der Waals surface area contributed by atoms with Gasteiger partial charge in [0.2, 0.25) is 0 Å². The van der Waals surface area contributed by atoms with Gasteiger partial charge in [-0.3, -0.25) is 4.79 Å². The minimum absolute atomic E-state index is 0.182. The number of nitrogens with one attached hydrogen (secondary N) is 1. The van der Waals surface area contributed by atoms with E-state index >= 15 is 0 Å². The molecule has 0 aliphatic carbocycles. The van der Waals surface area contributed by atoms with E-state index in [2.05, 4.69) is 37.2 Å². The van der Waals surface area contributed by atoms with E-state index in [9.17, 15) is 4.79 Å². The Morgan fingerprint density at radius 3 is 2.52 bits per heavy atom. The minimum atomic E-state index is -0.182. The maximum Gasteiger partial charge on any atom is 0.256 e. The third kappa shape index (κ3) is 4.56. The molecule has 0 aromatic heterocycles. The summed E-state index contributed by atoms with van der Waals surface area (Å²) in [7, 11) is 0. The summed E-state index contributed by atoms with van der Waals surface area (Å²) in [5.74, 6) is 0.542. The molecule has 21 heavy (non-hydrogen) atoms. The monoisotopic (exact) mass is 412 g/mol. The molecule has 0 atom stereocenters. The summed E-state index contributed by atoms with van der Waals surface area (Å²) in [6.07, 6.45) is 0. The van der Waals surface area contributed by atoms with Gasteiger partial charge in [0, 0.05) is 21.2 Å². The molecule has 0 heterocycles. The molecule has 1 amide bonds. The van der Waals surface area contributed by atoms with Crippen molar-refractivity contribution in [3.05, 3.63) is 57.0 Å². The van der Waals surface area contributed by atoms with Crippen molar-refractivity contribution >= 4 is 43.5 Å². The molecule has 4 nitrogen and oxygen atoms in total. The number of hydrogen-bond donors (Lipinski definition) is 2. The summed E-state index contributed by atoms with van der Waals surface area (Å²) in [5.41, 5.74) is 6.64. The van der Waals surface area contributed by atoms with Gasteiger partial charge in [-0.1, -0.05) is 15.9 Å². The fourth-order valence-electron chi connectivity index (χ4n) is 1.68. The van der Waals surface area contributed by atoms with Gasteiger partial charge >= 0.3 is 0 Å². The van der Waals surface area contributed by atoms with Gasteiger partial charge in [-0.05, 0) is 58.4 Å². The highest BCUT2D eigenvalue weighted by atomic mass is 79.9.